The molecule has 466 valence electrons. The molecule has 0 aromatic rings. The normalized spacial score (nSPS) is 12.7. The summed E-state index contributed by atoms with van der Waals surface area (Å²) in [7, 11) is 0. The average molecular weight is 1130 g/mol. The molecule has 6 nitrogen and oxygen atoms in total. The molecule has 6 heteroatoms. The zero-order chi connectivity index (χ0) is 58.5. The second-order valence-electron chi connectivity index (χ2n) is 23.1. The number of ether oxygens (including phenoxy) is 3. The van der Waals surface area contributed by atoms with E-state index >= 15 is 0 Å². The Labute approximate surface area is 502 Å². The molecule has 0 bridgehead atoms. The number of carbonyl (C=O) groups excluding carboxylic acids is 3. The molecule has 0 N–H and O–H groups in total. The van der Waals surface area contributed by atoms with Crippen molar-refractivity contribution in [1.82, 2.24) is 0 Å². The fourth-order valence-corrected chi connectivity index (χ4v) is 9.89. The van der Waals surface area contributed by atoms with E-state index in [0.29, 0.717) is 19.3 Å². The number of allylic oxidation sites excluding steroid dienone is 16. The van der Waals surface area contributed by atoms with Crippen molar-refractivity contribution < 1.29 is 28.6 Å². The van der Waals surface area contributed by atoms with Crippen molar-refractivity contribution in [2.45, 2.75) is 348 Å². The van der Waals surface area contributed by atoms with Gasteiger partial charge in [-0.1, -0.05) is 317 Å². The van der Waals surface area contributed by atoms with Crippen molar-refractivity contribution in [1.29, 1.82) is 0 Å². The summed E-state index contributed by atoms with van der Waals surface area (Å²) in [4.78, 5) is 38.3. The van der Waals surface area contributed by atoms with Crippen LogP contribution < -0.4 is 0 Å². The lowest BCUT2D eigenvalue weighted by molar-refractivity contribution is -0.167. The zero-order valence-electron chi connectivity index (χ0n) is 53.5. The monoisotopic (exact) mass is 1130 g/mol. The summed E-state index contributed by atoms with van der Waals surface area (Å²) in [6.45, 7) is 6.53. The Morgan fingerprint density at radius 3 is 0.790 bits per heavy atom. The van der Waals surface area contributed by atoms with E-state index in [1.807, 2.05) is 0 Å². The topological polar surface area (TPSA) is 78.9 Å². The van der Waals surface area contributed by atoms with Crippen LogP contribution >= 0.6 is 0 Å². The van der Waals surface area contributed by atoms with Crippen molar-refractivity contribution in [3.8, 4) is 0 Å². The molecule has 0 rings (SSSR count). The van der Waals surface area contributed by atoms with Crippen LogP contribution in [0, 0.1) is 0 Å². The first-order chi connectivity index (χ1) is 40.0. The summed E-state index contributed by atoms with van der Waals surface area (Å²) < 4.78 is 16.9. The van der Waals surface area contributed by atoms with E-state index < -0.39 is 6.10 Å². The van der Waals surface area contributed by atoms with Gasteiger partial charge >= 0.3 is 17.9 Å². The highest BCUT2D eigenvalue weighted by Gasteiger charge is 2.19. The lowest BCUT2D eigenvalue weighted by atomic mass is 10.0. The molecular formula is C75H130O6. The van der Waals surface area contributed by atoms with Crippen LogP contribution in [0.4, 0.5) is 0 Å². The molecule has 0 aromatic carbocycles. The Kier molecular flexibility index (Phi) is 65.7. The molecule has 0 amide bonds. The second kappa shape index (κ2) is 68.8. The van der Waals surface area contributed by atoms with Crippen LogP contribution in [0.25, 0.3) is 0 Å². The van der Waals surface area contributed by atoms with Crippen molar-refractivity contribution in [3.05, 3.63) is 97.2 Å². The lowest BCUT2D eigenvalue weighted by Gasteiger charge is -2.18. The number of esters is 3. The van der Waals surface area contributed by atoms with Crippen LogP contribution in [0.15, 0.2) is 97.2 Å². The van der Waals surface area contributed by atoms with Gasteiger partial charge in [-0.05, 0) is 103 Å². The molecule has 0 saturated carbocycles. The van der Waals surface area contributed by atoms with E-state index in [0.717, 1.165) is 109 Å². The quantitative estimate of drug-likeness (QED) is 0.0261. The molecule has 0 spiro atoms. The standard InChI is InChI=1S/C75H130O6/c1-4-7-10-13-16-19-22-25-27-29-30-31-32-33-34-35-36-37-38-39-40-41-42-43-44-45-46-47-49-50-53-56-59-62-65-68-74(77)80-71-72(70-79-73(76)67-64-61-58-55-52-24-21-18-15-12-9-6-3)81-75(78)69-66-63-60-57-54-51-48-28-26-23-20-17-14-11-8-5-2/h7,10,16,18-19,21,25,27,30-31,33-34,36-37,39-40,72H,4-6,8-9,11-15,17,20,22-24,26,28-29,32,35,38,41-71H2,1-3H3/b10-7-,19-16-,21-18-,27-25-,31-30-,34-33-,37-36-,40-39-. The van der Waals surface area contributed by atoms with E-state index in [1.165, 1.54) is 193 Å². The lowest BCUT2D eigenvalue weighted by Crippen LogP contribution is -2.30. The van der Waals surface area contributed by atoms with Crippen LogP contribution in [-0.4, -0.2) is 37.2 Å². The van der Waals surface area contributed by atoms with Gasteiger partial charge in [-0.2, -0.15) is 0 Å². The number of hydrogen-bond acceptors (Lipinski definition) is 6. The summed E-state index contributed by atoms with van der Waals surface area (Å²) in [5.41, 5.74) is 0. The van der Waals surface area contributed by atoms with E-state index in [2.05, 4.69) is 118 Å². The Bertz CT molecular complexity index is 1580. The van der Waals surface area contributed by atoms with Gasteiger partial charge < -0.3 is 14.2 Å². The molecule has 1 unspecified atom stereocenters. The fraction of sp³-hybridized carbons (Fsp3) is 0.747. The Morgan fingerprint density at radius 2 is 0.481 bits per heavy atom. The Balaban J connectivity index is 4.15. The molecule has 0 aromatic heterocycles. The number of unbranched alkanes of at least 4 members (excludes halogenated alkanes) is 36. The Hall–Kier alpha value is -3.67. The van der Waals surface area contributed by atoms with Crippen LogP contribution in [0.2, 0.25) is 0 Å². The summed E-state index contributed by atoms with van der Waals surface area (Å²) in [6, 6.07) is 0. The fourth-order valence-electron chi connectivity index (χ4n) is 9.89. The third-order valence-corrected chi connectivity index (χ3v) is 15.1. The smallest absolute Gasteiger partial charge is 0.306 e. The van der Waals surface area contributed by atoms with E-state index in [9.17, 15) is 14.4 Å². The van der Waals surface area contributed by atoms with Crippen LogP contribution in [0.5, 0.6) is 0 Å². The molecule has 0 aliphatic heterocycles. The Morgan fingerprint density at radius 1 is 0.259 bits per heavy atom. The maximum absolute atomic E-state index is 12.9. The maximum atomic E-state index is 12.9. The van der Waals surface area contributed by atoms with Gasteiger partial charge in [-0.25, -0.2) is 0 Å². The molecule has 0 aliphatic rings. The third-order valence-electron chi connectivity index (χ3n) is 15.1. The highest BCUT2D eigenvalue weighted by atomic mass is 16.6. The highest BCUT2D eigenvalue weighted by molar-refractivity contribution is 5.71. The van der Waals surface area contributed by atoms with Crippen molar-refractivity contribution in [2.75, 3.05) is 13.2 Å². The van der Waals surface area contributed by atoms with Gasteiger partial charge in [-0.15, -0.1) is 0 Å². The predicted octanol–water partition coefficient (Wildman–Crippen LogP) is 24.0. The average Bonchev–Trinajstić information content (AvgIpc) is 3.47. The van der Waals surface area contributed by atoms with Gasteiger partial charge in [0.2, 0.25) is 0 Å². The van der Waals surface area contributed by atoms with Gasteiger partial charge in [0.05, 0.1) is 0 Å². The van der Waals surface area contributed by atoms with Crippen LogP contribution in [-0.2, 0) is 28.6 Å². The second-order valence-corrected chi connectivity index (χ2v) is 23.1. The largest absolute Gasteiger partial charge is 0.462 e. The minimum absolute atomic E-state index is 0.0759. The number of carbonyl (C=O) groups is 3. The maximum Gasteiger partial charge on any atom is 0.306 e. The zero-order valence-corrected chi connectivity index (χ0v) is 53.5. The van der Waals surface area contributed by atoms with Gasteiger partial charge in [-0.3, -0.25) is 14.4 Å². The molecular weight excluding hydrogens is 997 g/mol. The molecule has 0 radical (unpaired) electrons. The minimum atomic E-state index is -0.778. The molecule has 0 aliphatic carbocycles. The SMILES string of the molecule is CC/C=C\C/C=C\C/C=C\C/C=C\C/C=C\C/C=C\C/C=C\CCCCCCCCCCCCCCCC(=O)OCC(COC(=O)CCCCCCC/C=C\CCCCC)OC(=O)CCCCCCCCCCCCCCCCCC. The predicted molar refractivity (Wildman–Crippen MR) is 353 cm³/mol. The van der Waals surface area contributed by atoms with Crippen molar-refractivity contribution in [2.24, 2.45) is 0 Å². The van der Waals surface area contributed by atoms with Crippen LogP contribution in [0.1, 0.15) is 342 Å². The summed E-state index contributed by atoms with van der Waals surface area (Å²) in [5, 5.41) is 0. The molecule has 1 atom stereocenters. The number of hydrogen-bond donors (Lipinski definition) is 0. The van der Waals surface area contributed by atoms with Gasteiger partial charge in [0.25, 0.3) is 0 Å². The van der Waals surface area contributed by atoms with Crippen LogP contribution in [0.3, 0.4) is 0 Å². The molecule has 0 saturated heterocycles. The highest BCUT2D eigenvalue weighted by Crippen LogP contribution is 2.17. The van der Waals surface area contributed by atoms with Gasteiger partial charge in [0.1, 0.15) is 13.2 Å². The van der Waals surface area contributed by atoms with E-state index in [-0.39, 0.29) is 31.1 Å². The first kappa shape index (κ1) is 77.3. The molecule has 81 heavy (non-hydrogen) atoms. The van der Waals surface area contributed by atoms with Gasteiger partial charge in [0.15, 0.2) is 6.10 Å². The first-order valence-corrected chi connectivity index (χ1v) is 34.7. The first-order valence-electron chi connectivity index (χ1n) is 34.7. The van der Waals surface area contributed by atoms with E-state index in [4.69, 9.17) is 14.2 Å². The third kappa shape index (κ3) is 67.0. The summed E-state index contributed by atoms with van der Waals surface area (Å²) >= 11 is 0. The molecule has 0 fully saturated rings. The number of rotatable bonds is 63. The van der Waals surface area contributed by atoms with Crippen molar-refractivity contribution in [3.63, 3.8) is 0 Å². The van der Waals surface area contributed by atoms with Crippen molar-refractivity contribution >= 4 is 17.9 Å². The van der Waals surface area contributed by atoms with Gasteiger partial charge in [0, 0.05) is 19.3 Å². The van der Waals surface area contributed by atoms with E-state index in [1.54, 1.807) is 0 Å². The minimum Gasteiger partial charge on any atom is -0.462 e. The summed E-state index contributed by atoms with van der Waals surface area (Å²) in [6.07, 6.45) is 92.9. The summed E-state index contributed by atoms with van der Waals surface area (Å²) in [5.74, 6) is -0.870. The molecule has 0 heterocycles.